The van der Waals surface area contributed by atoms with Gasteiger partial charge in [0.2, 0.25) is 0 Å². The van der Waals surface area contributed by atoms with Crippen LogP contribution in [0.5, 0.6) is 5.75 Å². The fraction of sp³-hybridized carbons (Fsp3) is 0.200. The Labute approximate surface area is 151 Å². The number of halogens is 1. The van der Waals surface area contributed by atoms with Crippen molar-refractivity contribution in [1.82, 2.24) is 14.9 Å². The Morgan fingerprint density at radius 3 is 2.69 bits per heavy atom. The highest BCUT2D eigenvalue weighted by Crippen LogP contribution is 2.29. The molecule has 26 heavy (non-hydrogen) atoms. The maximum atomic E-state index is 13.8. The van der Waals surface area contributed by atoms with Crippen LogP contribution in [-0.2, 0) is 7.05 Å². The summed E-state index contributed by atoms with van der Waals surface area (Å²) in [7, 11) is 3.42. The average molecular weight is 353 g/mol. The maximum Gasteiger partial charge on any atom is 0.252 e. The van der Waals surface area contributed by atoms with Gasteiger partial charge in [0.25, 0.3) is 5.91 Å². The Balaban J connectivity index is 2.00. The fourth-order valence-electron chi connectivity index (χ4n) is 2.79. The number of rotatable bonds is 5. The molecule has 3 rings (SSSR count). The van der Waals surface area contributed by atoms with Crippen LogP contribution in [0.3, 0.4) is 0 Å². The van der Waals surface area contributed by atoms with Crippen molar-refractivity contribution in [3.8, 4) is 5.75 Å². The third-order valence-electron chi connectivity index (χ3n) is 4.28. The van der Waals surface area contributed by atoms with Gasteiger partial charge in [-0.2, -0.15) is 0 Å². The van der Waals surface area contributed by atoms with Gasteiger partial charge >= 0.3 is 0 Å². The molecule has 0 aliphatic rings. The largest absolute Gasteiger partial charge is 0.496 e. The Morgan fingerprint density at radius 1 is 1.27 bits per heavy atom. The van der Waals surface area contributed by atoms with E-state index in [1.54, 1.807) is 38.6 Å². The first kappa shape index (κ1) is 17.7. The van der Waals surface area contributed by atoms with Crippen LogP contribution in [-0.4, -0.2) is 22.6 Å². The summed E-state index contributed by atoms with van der Waals surface area (Å²) in [4.78, 5) is 17.1. The summed E-state index contributed by atoms with van der Waals surface area (Å²) >= 11 is 0. The molecule has 1 amide bonds. The maximum absolute atomic E-state index is 13.8. The molecule has 0 aliphatic heterocycles. The molecule has 0 aliphatic carbocycles. The summed E-state index contributed by atoms with van der Waals surface area (Å²) in [5, 5.41) is 2.95. The quantitative estimate of drug-likeness (QED) is 0.765. The number of hydrogen-bond donors (Lipinski definition) is 1. The molecule has 0 fully saturated rings. The number of nitrogens with zero attached hydrogens (tertiary/aromatic N) is 2. The molecule has 5 nitrogen and oxygen atoms in total. The fourth-order valence-corrected chi connectivity index (χ4v) is 2.79. The van der Waals surface area contributed by atoms with E-state index in [0.29, 0.717) is 17.1 Å². The summed E-state index contributed by atoms with van der Waals surface area (Å²) in [6.07, 6.45) is 3.46. The monoisotopic (exact) mass is 353 g/mol. The van der Waals surface area contributed by atoms with E-state index in [0.717, 1.165) is 5.56 Å². The van der Waals surface area contributed by atoms with Crippen LogP contribution in [0.25, 0.3) is 0 Å². The lowest BCUT2D eigenvalue weighted by Crippen LogP contribution is -2.31. The first-order valence-electron chi connectivity index (χ1n) is 8.18. The van der Waals surface area contributed by atoms with Crippen LogP contribution in [0.1, 0.15) is 33.4 Å². The van der Waals surface area contributed by atoms with E-state index in [2.05, 4.69) is 10.3 Å². The molecule has 1 unspecified atom stereocenters. The molecule has 3 aromatic rings. The van der Waals surface area contributed by atoms with Gasteiger partial charge in [0.15, 0.2) is 0 Å². The number of amides is 1. The van der Waals surface area contributed by atoms with Crippen molar-refractivity contribution in [3.63, 3.8) is 0 Å². The zero-order valence-corrected chi connectivity index (χ0v) is 14.9. The number of carbonyl (C=O) groups excluding carboxylic acids is 1. The van der Waals surface area contributed by atoms with E-state index < -0.39 is 11.9 Å². The topological polar surface area (TPSA) is 56.1 Å². The zero-order valence-electron chi connectivity index (χ0n) is 14.9. The summed E-state index contributed by atoms with van der Waals surface area (Å²) in [5.74, 6) is 0.484. The van der Waals surface area contributed by atoms with Gasteiger partial charge in [-0.1, -0.05) is 24.3 Å². The number of ether oxygens (including phenoxy) is 1. The van der Waals surface area contributed by atoms with E-state index in [1.807, 2.05) is 35.9 Å². The van der Waals surface area contributed by atoms with E-state index in [-0.39, 0.29) is 11.5 Å². The molecule has 1 heterocycles. The van der Waals surface area contributed by atoms with Crippen LogP contribution in [0.2, 0.25) is 0 Å². The molecule has 134 valence electrons. The van der Waals surface area contributed by atoms with Crippen molar-refractivity contribution >= 4 is 5.91 Å². The van der Waals surface area contributed by atoms with Gasteiger partial charge in [-0.05, 0) is 30.7 Å². The van der Waals surface area contributed by atoms with Gasteiger partial charge in [0.1, 0.15) is 23.4 Å². The smallest absolute Gasteiger partial charge is 0.252 e. The van der Waals surface area contributed by atoms with Crippen molar-refractivity contribution < 1.29 is 13.9 Å². The minimum absolute atomic E-state index is 0.252. The summed E-state index contributed by atoms with van der Waals surface area (Å²) in [6.45, 7) is 1.66. The van der Waals surface area contributed by atoms with Gasteiger partial charge < -0.3 is 14.6 Å². The van der Waals surface area contributed by atoms with Crippen LogP contribution in [0.15, 0.2) is 54.9 Å². The summed E-state index contributed by atoms with van der Waals surface area (Å²) in [6, 6.07) is 11.3. The number of benzene rings is 2. The molecule has 1 atom stereocenters. The number of para-hydroxylation sites is 1. The molecule has 0 saturated heterocycles. The highest BCUT2D eigenvalue weighted by atomic mass is 19.1. The minimum Gasteiger partial charge on any atom is -0.496 e. The molecule has 0 saturated carbocycles. The third kappa shape index (κ3) is 3.44. The number of aryl methyl sites for hydroxylation is 2. The molecule has 1 aromatic heterocycles. The number of methoxy groups -OCH3 is 1. The Morgan fingerprint density at radius 2 is 2.04 bits per heavy atom. The Hall–Kier alpha value is -3.15. The summed E-state index contributed by atoms with van der Waals surface area (Å²) < 4.78 is 21.1. The Kier molecular flexibility index (Phi) is 5.02. The van der Waals surface area contributed by atoms with Gasteiger partial charge in [-0.25, -0.2) is 9.37 Å². The van der Waals surface area contributed by atoms with Gasteiger partial charge in [-0.3, -0.25) is 4.79 Å². The third-order valence-corrected chi connectivity index (χ3v) is 4.28. The lowest BCUT2D eigenvalue weighted by molar-refractivity contribution is 0.0940. The molecule has 6 heteroatoms. The van der Waals surface area contributed by atoms with Crippen molar-refractivity contribution in [2.45, 2.75) is 13.0 Å². The first-order chi connectivity index (χ1) is 12.5. The van der Waals surface area contributed by atoms with Gasteiger partial charge in [-0.15, -0.1) is 0 Å². The lowest BCUT2D eigenvalue weighted by Gasteiger charge is -2.21. The predicted octanol–water partition coefficient (Wildman–Crippen LogP) is 3.40. The van der Waals surface area contributed by atoms with E-state index in [9.17, 15) is 9.18 Å². The first-order valence-corrected chi connectivity index (χ1v) is 8.18. The van der Waals surface area contributed by atoms with Crippen LogP contribution >= 0.6 is 0 Å². The molecule has 1 N–H and O–H groups in total. The van der Waals surface area contributed by atoms with Gasteiger partial charge in [0, 0.05) is 30.6 Å². The van der Waals surface area contributed by atoms with Crippen molar-refractivity contribution in [3.05, 3.63) is 83.2 Å². The number of aromatic nitrogens is 2. The number of nitrogens with one attached hydrogen (secondary N) is 1. The van der Waals surface area contributed by atoms with Crippen LogP contribution < -0.4 is 10.1 Å². The summed E-state index contributed by atoms with van der Waals surface area (Å²) in [5.41, 5.74) is 1.51. The highest BCUT2D eigenvalue weighted by Gasteiger charge is 2.24. The number of imidazole rings is 1. The van der Waals surface area contributed by atoms with Crippen LogP contribution in [0, 0.1) is 12.7 Å². The second kappa shape index (κ2) is 7.39. The average Bonchev–Trinajstić information content (AvgIpc) is 3.07. The Bertz CT molecular complexity index is 936. The normalized spacial score (nSPS) is 11.8. The standard InChI is InChI=1S/C20H20FN3O2/c1-13-8-9-14(12-16(13)21)20(25)23-18(19-22-10-11-24(19)2)15-6-4-5-7-17(15)26-3/h4-12,18H,1-3H3,(H,23,25). The van der Waals surface area contributed by atoms with Crippen molar-refractivity contribution in [2.24, 2.45) is 7.05 Å². The minimum atomic E-state index is -0.539. The predicted molar refractivity (Wildman–Crippen MR) is 96.6 cm³/mol. The second-order valence-electron chi connectivity index (χ2n) is 6.01. The van der Waals surface area contributed by atoms with Crippen molar-refractivity contribution in [2.75, 3.05) is 7.11 Å². The number of hydrogen-bond acceptors (Lipinski definition) is 3. The highest BCUT2D eigenvalue weighted by molar-refractivity contribution is 5.94. The van der Waals surface area contributed by atoms with Crippen molar-refractivity contribution in [1.29, 1.82) is 0 Å². The molecule has 0 radical (unpaired) electrons. The molecule has 0 bridgehead atoms. The van der Waals surface area contributed by atoms with E-state index >= 15 is 0 Å². The second-order valence-corrected chi connectivity index (χ2v) is 6.01. The molecular formula is C20H20FN3O2. The number of carbonyl (C=O) groups is 1. The van der Waals surface area contributed by atoms with Crippen LogP contribution in [0.4, 0.5) is 4.39 Å². The zero-order chi connectivity index (χ0) is 18.7. The van der Waals surface area contributed by atoms with Gasteiger partial charge in [0.05, 0.1) is 7.11 Å². The lowest BCUT2D eigenvalue weighted by atomic mass is 10.0. The van der Waals surface area contributed by atoms with E-state index in [1.165, 1.54) is 6.07 Å². The SMILES string of the molecule is COc1ccccc1C(NC(=O)c1ccc(C)c(F)c1)c1nccn1C. The van der Waals surface area contributed by atoms with E-state index in [4.69, 9.17) is 4.74 Å². The molecule has 0 spiro atoms. The molecule has 2 aromatic carbocycles. The molecular weight excluding hydrogens is 333 g/mol.